The average molecular weight is 329 g/mol. The predicted octanol–water partition coefficient (Wildman–Crippen LogP) is -0.0129. The zero-order valence-electron chi connectivity index (χ0n) is 11.9. The van der Waals surface area contributed by atoms with Crippen molar-refractivity contribution in [1.29, 1.82) is 0 Å². The Balaban J connectivity index is 2.21. The molecule has 1 saturated heterocycles. The van der Waals surface area contributed by atoms with E-state index in [2.05, 4.69) is 15.2 Å². The SMILES string of the molecule is CCO/N=C/C1=C(C(=O)O)N2C(=O)[C@@H](NC(=O)OC)[C@H]2SC1. The second-order valence-corrected chi connectivity index (χ2v) is 5.46. The Hall–Kier alpha value is -2.23. The van der Waals surface area contributed by atoms with Gasteiger partial charge in [-0.25, -0.2) is 9.59 Å². The van der Waals surface area contributed by atoms with Gasteiger partial charge in [-0.3, -0.25) is 9.69 Å². The van der Waals surface area contributed by atoms with Gasteiger partial charge >= 0.3 is 12.1 Å². The molecule has 120 valence electrons. The summed E-state index contributed by atoms with van der Waals surface area (Å²) in [5.74, 6) is -1.39. The summed E-state index contributed by atoms with van der Waals surface area (Å²) in [4.78, 5) is 40.7. The molecular weight excluding hydrogens is 314 g/mol. The van der Waals surface area contributed by atoms with Gasteiger partial charge in [0.25, 0.3) is 5.91 Å². The molecule has 0 bridgehead atoms. The van der Waals surface area contributed by atoms with Crippen molar-refractivity contribution in [2.45, 2.75) is 18.3 Å². The van der Waals surface area contributed by atoms with Gasteiger partial charge in [0.2, 0.25) is 0 Å². The maximum Gasteiger partial charge on any atom is 0.407 e. The summed E-state index contributed by atoms with van der Waals surface area (Å²) in [6, 6.07) is -0.794. The molecule has 0 unspecified atom stereocenters. The highest BCUT2D eigenvalue weighted by Crippen LogP contribution is 2.39. The van der Waals surface area contributed by atoms with Gasteiger partial charge in [0.1, 0.15) is 23.7 Å². The third-order valence-corrected chi connectivity index (χ3v) is 4.37. The number of amides is 2. The van der Waals surface area contributed by atoms with Crippen LogP contribution in [0.3, 0.4) is 0 Å². The molecular formula is C12H15N3O6S. The maximum absolute atomic E-state index is 12.1. The minimum Gasteiger partial charge on any atom is -0.477 e. The highest BCUT2D eigenvalue weighted by Gasteiger charge is 2.54. The van der Waals surface area contributed by atoms with Crippen molar-refractivity contribution in [2.24, 2.45) is 5.16 Å². The molecule has 0 aromatic heterocycles. The first-order valence-corrected chi connectivity index (χ1v) is 7.47. The number of methoxy groups -OCH3 is 1. The minimum atomic E-state index is -1.23. The van der Waals surface area contributed by atoms with Crippen LogP contribution in [0.1, 0.15) is 6.92 Å². The summed E-state index contributed by atoms with van der Waals surface area (Å²) >= 11 is 1.33. The van der Waals surface area contributed by atoms with Gasteiger partial charge < -0.3 is 20.0 Å². The first-order valence-electron chi connectivity index (χ1n) is 6.42. The second-order valence-electron chi connectivity index (χ2n) is 4.35. The van der Waals surface area contributed by atoms with Crippen molar-refractivity contribution >= 4 is 35.9 Å². The van der Waals surface area contributed by atoms with Crippen LogP contribution in [0.15, 0.2) is 16.4 Å². The third kappa shape index (κ3) is 2.86. The number of carbonyl (C=O) groups is 3. The molecule has 0 radical (unpaired) electrons. The first kappa shape index (κ1) is 16.1. The number of oxime groups is 1. The van der Waals surface area contributed by atoms with Crippen LogP contribution in [0.25, 0.3) is 0 Å². The zero-order valence-corrected chi connectivity index (χ0v) is 12.8. The molecule has 2 heterocycles. The van der Waals surface area contributed by atoms with E-state index in [-0.39, 0.29) is 5.70 Å². The Morgan fingerprint density at radius 3 is 2.91 bits per heavy atom. The molecule has 2 rings (SSSR count). The quantitative estimate of drug-likeness (QED) is 0.414. The molecule has 2 aliphatic heterocycles. The van der Waals surface area contributed by atoms with Gasteiger partial charge in [-0.05, 0) is 6.92 Å². The van der Waals surface area contributed by atoms with Crippen LogP contribution in [0.4, 0.5) is 4.79 Å². The number of aliphatic carboxylic acids is 1. The van der Waals surface area contributed by atoms with E-state index < -0.39 is 29.4 Å². The van der Waals surface area contributed by atoms with Crippen molar-refractivity contribution in [3.05, 3.63) is 11.3 Å². The lowest BCUT2D eigenvalue weighted by Gasteiger charge is -2.48. The molecule has 0 saturated carbocycles. The van der Waals surface area contributed by atoms with Gasteiger partial charge in [0.15, 0.2) is 0 Å². The number of alkyl carbamates (subject to hydrolysis) is 1. The van der Waals surface area contributed by atoms with E-state index in [0.717, 1.165) is 4.90 Å². The van der Waals surface area contributed by atoms with E-state index in [1.807, 2.05) is 0 Å². The van der Waals surface area contributed by atoms with Gasteiger partial charge in [-0.15, -0.1) is 11.8 Å². The first-order chi connectivity index (χ1) is 10.5. The lowest BCUT2D eigenvalue weighted by Crippen LogP contribution is -2.70. The standard InChI is InChI=1S/C12H15N3O6S/c1-3-21-13-4-6-5-22-10-7(14-12(19)20-2)9(16)15(10)8(6)11(17)18/h4,7,10H,3,5H2,1-2H3,(H,14,19)(H,17,18)/b13-4+/t7-,10-/m1/s1. The monoisotopic (exact) mass is 329 g/mol. The molecule has 2 atom stereocenters. The number of hydrogen-bond donors (Lipinski definition) is 2. The number of hydrogen-bond acceptors (Lipinski definition) is 7. The number of β-lactam (4-membered cyclic amide) rings is 1. The normalized spacial score (nSPS) is 23.9. The van der Waals surface area contributed by atoms with Crippen molar-refractivity contribution in [2.75, 3.05) is 19.5 Å². The summed E-state index contributed by atoms with van der Waals surface area (Å²) in [6.45, 7) is 2.10. The fourth-order valence-electron chi connectivity index (χ4n) is 2.10. The maximum atomic E-state index is 12.1. The Bertz CT molecular complexity index is 561. The lowest BCUT2D eigenvalue weighted by molar-refractivity contribution is -0.148. The molecule has 0 aliphatic carbocycles. The fourth-order valence-corrected chi connectivity index (χ4v) is 3.40. The molecule has 0 spiro atoms. The molecule has 2 aliphatic rings. The van der Waals surface area contributed by atoms with Crippen LogP contribution in [0.5, 0.6) is 0 Å². The van der Waals surface area contributed by atoms with Gasteiger partial charge in [0.05, 0.1) is 13.3 Å². The molecule has 10 heteroatoms. The van der Waals surface area contributed by atoms with E-state index in [0.29, 0.717) is 17.9 Å². The largest absolute Gasteiger partial charge is 0.477 e. The Morgan fingerprint density at radius 1 is 1.59 bits per heavy atom. The van der Waals surface area contributed by atoms with Crippen molar-refractivity contribution in [3.63, 3.8) is 0 Å². The number of nitrogens with one attached hydrogen (secondary N) is 1. The average Bonchev–Trinajstić information content (AvgIpc) is 2.51. The number of carboxylic acid groups (broad SMARTS) is 1. The van der Waals surface area contributed by atoms with Crippen molar-refractivity contribution in [1.82, 2.24) is 10.2 Å². The highest BCUT2D eigenvalue weighted by molar-refractivity contribution is 8.00. The molecule has 22 heavy (non-hydrogen) atoms. The lowest BCUT2D eigenvalue weighted by atomic mass is 10.0. The summed E-state index contributed by atoms with van der Waals surface area (Å²) in [5, 5.41) is 14.9. The summed E-state index contributed by atoms with van der Waals surface area (Å²) in [5.41, 5.74) is 0.243. The number of carboxylic acids is 1. The van der Waals surface area contributed by atoms with Gasteiger partial charge in [-0.2, -0.15) is 0 Å². The molecule has 9 nitrogen and oxygen atoms in total. The summed E-state index contributed by atoms with van der Waals surface area (Å²) in [7, 11) is 1.19. The van der Waals surface area contributed by atoms with Crippen LogP contribution in [0, 0.1) is 0 Å². The van der Waals surface area contributed by atoms with E-state index in [1.54, 1.807) is 6.92 Å². The predicted molar refractivity (Wildman–Crippen MR) is 77.2 cm³/mol. The highest BCUT2D eigenvalue weighted by atomic mass is 32.2. The van der Waals surface area contributed by atoms with Crippen LogP contribution < -0.4 is 5.32 Å². The van der Waals surface area contributed by atoms with Crippen LogP contribution >= 0.6 is 11.8 Å². The number of ether oxygens (including phenoxy) is 1. The Morgan fingerprint density at radius 2 is 2.32 bits per heavy atom. The van der Waals surface area contributed by atoms with E-state index in [9.17, 15) is 19.5 Å². The van der Waals surface area contributed by atoms with Gasteiger partial charge in [0, 0.05) is 11.3 Å². The van der Waals surface area contributed by atoms with E-state index >= 15 is 0 Å². The molecule has 2 amide bonds. The summed E-state index contributed by atoms with van der Waals surface area (Å²) in [6.07, 6.45) is 0.563. The van der Waals surface area contributed by atoms with Crippen LogP contribution in [0.2, 0.25) is 0 Å². The van der Waals surface area contributed by atoms with Crippen LogP contribution in [-0.4, -0.2) is 65.1 Å². The number of nitrogens with zero attached hydrogens (tertiary/aromatic N) is 2. The number of thioether (sulfide) groups is 1. The number of fused-ring (bicyclic) bond motifs is 1. The summed E-state index contributed by atoms with van der Waals surface area (Å²) < 4.78 is 4.45. The van der Waals surface area contributed by atoms with Crippen molar-refractivity contribution < 1.29 is 29.1 Å². The van der Waals surface area contributed by atoms with Gasteiger partial charge in [-0.1, -0.05) is 5.16 Å². The minimum absolute atomic E-state index is 0.139. The van der Waals surface area contributed by atoms with Crippen molar-refractivity contribution in [3.8, 4) is 0 Å². The Labute approximate surface area is 130 Å². The number of rotatable bonds is 5. The third-order valence-electron chi connectivity index (χ3n) is 3.07. The van der Waals surface area contributed by atoms with Crippen LogP contribution in [-0.2, 0) is 19.2 Å². The molecule has 0 aromatic rings. The fraction of sp³-hybridized carbons (Fsp3) is 0.500. The number of carbonyl (C=O) groups excluding carboxylic acids is 2. The topological polar surface area (TPSA) is 118 Å². The second kappa shape index (κ2) is 6.69. The molecule has 2 N–H and O–H groups in total. The molecule has 1 fully saturated rings. The van der Waals surface area contributed by atoms with E-state index in [4.69, 9.17) is 4.84 Å². The van der Waals surface area contributed by atoms with E-state index in [1.165, 1.54) is 25.1 Å². The smallest absolute Gasteiger partial charge is 0.407 e. The molecule has 0 aromatic carbocycles. The Kier molecular flexibility index (Phi) is 4.91. The zero-order chi connectivity index (χ0) is 16.3.